The molecule has 0 atom stereocenters. The van der Waals surface area contributed by atoms with Crippen molar-refractivity contribution < 1.29 is 14.7 Å². The number of fused-ring (bicyclic) bond motifs is 1. The zero-order valence-electron chi connectivity index (χ0n) is 15.0. The molecule has 0 saturated carbocycles. The monoisotopic (exact) mass is 352 g/mol. The predicted molar refractivity (Wildman–Crippen MR) is 103 cm³/mol. The number of nitrogens with one attached hydrogen (secondary N) is 1. The van der Waals surface area contributed by atoms with Crippen LogP contribution in [0.5, 0.6) is 0 Å². The van der Waals surface area contributed by atoms with E-state index >= 15 is 0 Å². The first-order valence-corrected chi connectivity index (χ1v) is 8.99. The lowest BCUT2D eigenvalue weighted by molar-refractivity contribution is -0.117. The quantitative estimate of drug-likeness (QED) is 0.874. The number of aliphatic hydroxyl groups excluding tert-OH is 1. The lowest BCUT2D eigenvalue weighted by atomic mass is 9.95. The fraction of sp³-hybridized carbons (Fsp3) is 0.333. The lowest BCUT2D eigenvalue weighted by Crippen LogP contribution is -2.33. The molecular formula is C21H24N2O3. The van der Waals surface area contributed by atoms with Crippen molar-refractivity contribution in [3.63, 3.8) is 0 Å². The van der Waals surface area contributed by atoms with Crippen LogP contribution in [0.2, 0.25) is 0 Å². The van der Waals surface area contributed by atoms with Crippen molar-refractivity contribution in [1.82, 2.24) is 5.32 Å². The van der Waals surface area contributed by atoms with Gasteiger partial charge in [0, 0.05) is 31.3 Å². The topological polar surface area (TPSA) is 69.6 Å². The summed E-state index contributed by atoms with van der Waals surface area (Å²) in [6.45, 7) is 2.57. The van der Waals surface area contributed by atoms with Crippen LogP contribution in [0.3, 0.4) is 0 Å². The van der Waals surface area contributed by atoms with Gasteiger partial charge in [-0.1, -0.05) is 24.3 Å². The summed E-state index contributed by atoms with van der Waals surface area (Å²) in [6, 6.07) is 6.21. The molecule has 0 saturated heterocycles. The van der Waals surface area contributed by atoms with E-state index in [1.807, 2.05) is 35.3 Å². The number of aryl methyl sites for hydroxylation is 1. The molecule has 1 aliphatic heterocycles. The SMILES string of the molecule is CC(=O)N1CCCc2cc(C3=CCC=C(C(=O)NCCO)C=C3)ccc21. The summed E-state index contributed by atoms with van der Waals surface area (Å²) in [6.07, 6.45) is 10.3. The van der Waals surface area contributed by atoms with Crippen LogP contribution in [0.15, 0.2) is 48.1 Å². The molecule has 0 fully saturated rings. The number of hydrogen-bond donors (Lipinski definition) is 2. The van der Waals surface area contributed by atoms with Gasteiger partial charge < -0.3 is 15.3 Å². The smallest absolute Gasteiger partial charge is 0.251 e. The second-order valence-electron chi connectivity index (χ2n) is 6.49. The maximum Gasteiger partial charge on any atom is 0.251 e. The summed E-state index contributed by atoms with van der Waals surface area (Å²) in [5.74, 6) is -0.0949. The summed E-state index contributed by atoms with van der Waals surface area (Å²) in [4.78, 5) is 25.7. The van der Waals surface area contributed by atoms with Gasteiger partial charge >= 0.3 is 0 Å². The Morgan fingerprint density at radius 3 is 2.85 bits per heavy atom. The van der Waals surface area contributed by atoms with Crippen LogP contribution in [0.4, 0.5) is 5.69 Å². The third-order valence-corrected chi connectivity index (χ3v) is 4.69. The number of allylic oxidation sites excluding steroid dienone is 4. The first-order chi connectivity index (χ1) is 12.6. The molecule has 0 radical (unpaired) electrons. The molecule has 0 spiro atoms. The number of anilines is 1. The molecule has 26 heavy (non-hydrogen) atoms. The molecule has 0 unspecified atom stereocenters. The largest absolute Gasteiger partial charge is 0.395 e. The van der Waals surface area contributed by atoms with Crippen LogP contribution in [-0.4, -0.2) is 36.6 Å². The van der Waals surface area contributed by atoms with E-state index in [4.69, 9.17) is 5.11 Å². The van der Waals surface area contributed by atoms with Crippen LogP contribution in [-0.2, 0) is 16.0 Å². The summed E-state index contributed by atoms with van der Waals surface area (Å²) in [5.41, 5.74) is 4.96. The van der Waals surface area contributed by atoms with E-state index < -0.39 is 0 Å². The minimum Gasteiger partial charge on any atom is -0.395 e. The Morgan fingerprint density at radius 1 is 1.23 bits per heavy atom. The summed E-state index contributed by atoms with van der Waals surface area (Å²) in [5, 5.41) is 11.5. The number of carbonyl (C=O) groups is 2. The van der Waals surface area contributed by atoms with Gasteiger partial charge in [-0.3, -0.25) is 9.59 Å². The van der Waals surface area contributed by atoms with Gasteiger partial charge in [0.15, 0.2) is 0 Å². The van der Waals surface area contributed by atoms with Crippen molar-refractivity contribution in [3.8, 4) is 0 Å². The van der Waals surface area contributed by atoms with Gasteiger partial charge in [-0.15, -0.1) is 0 Å². The molecule has 5 nitrogen and oxygen atoms in total. The molecule has 136 valence electrons. The van der Waals surface area contributed by atoms with Crippen molar-refractivity contribution in [2.45, 2.75) is 26.2 Å². The molecule has 0 bridgehead atoms. The first kappa shape index (κ1) is 18.1. The third-order valence-electron chi connectivity index (χ3n) is 4.69. The van der Waals surface area contributed by atoms with E-state index in [9.17, 15) is 9.59 Å². The summed E-state index contributed by atoms with van der Waals surface area (Å²) >= 11 is 0. The molecule has 1 aliphatic carbocycles. The van der Waals surface area contributed by atoms with E-state index in [0.717, 1.165) is 36.2 Å². The minimum atomic E-state index is -0.174. The first-order valence-electron chi connectivity index (χ1n) is 8.99. The molecule has 1 heterocycles. The van der Waals surface area contributed by atoms with E-state index in [1.165, 1.54) is 5.56 Å². The van der Waals surface area contributed by atoms with Crippen LogP contribution in [0.25, 0.3) is 5.57 Å². The molecular weight excluding hydrogens is 328 g/mol. The van der Waals surface area contributed by atoms with Crippen LogP contribution < -0.4 is 10.2 Å². The Balaban J connectivity index is 1.79. The number of amides is 2. The molecule has 2 aliphatic rings. The second-order valence-corrected chi connectivity index (χ2v) is 6.49. The molecule has 1 aromatic carbocycles. The predicted octanol–water partition coefficient (Wildman–Crippen LogP) is 2.36. The summed E-state index contributed by atoms with van der Waals surface area (Å²) < 4.78 is 0. The Kier molecular flexibility index (Phi) is 5.68. The maximum atomic E-state index is 12.0. The van der Waals surface area contributed by atoms with Crippen molar-refractivity contribution >= 4 is 23.1 Å². The van der Waals surface area contributed by atoms with Crippen LogP contribution in [0, 0.1) is 0 Å². The fourth-order valence-corrected chi connectivity index (χ4v) is 3.39. The lowest BCUT2D eigenvalue weighted by Gasteiger charge is -2.29. The van der Waals surface area contributed by atoms with Crippen molar-refractivity contribution in [3.05, 3.63) is 59.2 Å². The van der Waals surface area contributed by atoms with E-state index in [-0.39, 0.29) is 25.0 Å². The molecule has 5 heteroatoms. The normalized spacial score (nSPS) is 16.3. The standard InChI is InChI=1S/C21H24N2O3/c1-15(25)23-12-3-6-19-14-18(9-10-20(19)23)16-4-2-5-17(8-7-16)21(26)22-11-13-24/h4-5,7-10,14,24H,2-3,6,11-13H2,1H3,(H,22,26). The Morgan fingerprint density at radius 2 is 2.08 bits per heavy atom. The number of rotatable bonds is 4. The average Bonchev–Trinajstić information content (AvgIpc) is 2.91. The number of aliphatic hydroxyl groups is 1. The highest BCUT2D eigenvalue weighted by Crippen LogP contribution is 2.31. The van der Waals surface area contributed by atoms with Crippen molar-refractivity contribution in [2.75, 3.05) is 24.6 Å². The Bertz CT molecular complexity index is 805. The van der Waals surface area contributed by atoms with Crippen LogP contribution in [0.1, 0.15) is 30.9 Å². The highest BCUT2D eigenvalue weighted by molar-refractivity contribution is 5.97. The third kappa shape index (κ3) is 3.94. The zero-order chi connectivity index (χ0) is 18.5. The Labute approximate surface area is 153 Å². The van der Waals surface area contributed by atoms with E-state index in [0.29, 0.717) is 12.0 Å². The van der Waals surface area contributed by atoms with E-state index in [1.54, 1.807) is 6.92 Å². The molecule has 2 N–H and O–H groups in total. The van der Waals surface area contributed by atoms with Crippen LogP contribution >= 0.6 is 0 Å². The molecule has 2 amide bonds. The zero-order valence-corrected chi connectivity index (χ0v) is 15.0. The number of hydrogen-bond acceptors (Lipinski definition) is 3. The minimum absolute atomic E-state index is 0.0708. The van der Waals surface area contributed by atoms with Gasteiger partial charge in [-0.2, -0.15) is 0 Å². The van der Waals surface area contributed by atoms with Crippen molar-refractivity contribution in [2.24, 2.45) is 0 Å². The highest BCUT2D eigenvalue weighted by atomic mass is 16.3. The fourth-order valence-electron chi connectivity index (χ4n) is 3.39. The number of nitrogens with zero attached hydrogens (tertiary/aromatic N) is 1. The molecule has 3 rings (SSSR count). The molecule has 1 aromatic rings. The van der Waals surface area contributed by atoms with Gasteiger partial charge in [0.25, 0.3) is 5.91 Å². The van der Waals surface area contributed by atoms with Gasteiger partial charge in [-0.25, -0.2) is 0 Å². The molecule has 0 aromatic heterocycles. The highest BCUT2D eigenvalue weighted by Gasteiger charge is 2.20. The second kappa shape index (κ2) is 8.15. The maximum absolute atomic E-state index is 12.0. The summed E-state index contributed by atoms with van der Waals surface area (Å²) in [7, 11) is 0. The number of carbonyl (C=O) groups excluding carboxylic acids is 2. The van der Waals surface area contributed by atoms with Gasteiger partial charge in [-0.05, 0) is 54.2 Å². The van der Waals surface area contributed by atoms with Gasteiger partial charge in [0.1, 0.15) is 0 Å². The van der Waals surface area contributed by atoms with Gasteiger partial charge in [0.2, 0.25) is 5.91 Å². The Hall–Kier alpha value is -2.66. The number of benzene rings is 1. The van der Waals surface area contributed by atoms with Crippen molar-refractivity contribution in [1.29, 1.82) is 0 Å². The van der Waals surface area contributed by atoms with Gasteiger partial charge in [0.05, 0.1) is 6.61 Å². The van der Waals surface area contributed by atoms with E-state index in [2.05, 4.69) is 17.5 Å². The average molecular weight is 352 g/mol.